The number of aryl methyl sites for hydroxylation is 1. The van der Waals surface area contributed by atoms with Gasteiger partial charge in [-0.2, -0.15) is 0 Å². The first-order valence-corrected chi connectivity index (χ1v) is 9.37. The number of Topliss-reactive ketones (excluding diaryl/α,β-unsaturated/α-hetero) is 1. The Morgan fingerprint density at radius 1 is 1.15 bits per heavy atom. The van der Waals surface area contributed by atoms with Crippen LogP contribution in [0.5, 0.6) is 11.5 Å². The fourth-order valence-electron chi connectivity index (χ4n) is 3.57. The first-order valence-electron chi connectivity index (χ1n) is 9.37. The van der Waals surface area contributed by atoms with Crippen molar-refractivity contribution in [1.82, 2.24) is 5.32 Å². The third kappa shape index (κ3) is 4.40. The molecule has 0 bridgehead atoms. The van der Waals surface area contributed by atoms with E-state index in [9.17, 15) is 4.79 Å². The number of carbonyl (C=O) groups excluding carboxylic acids is 1. The van der Waals surface area contributed by atoms with Crippen LogP contribution in [-0.2, 0) is 6.42 Å². The lowest BCUT2D eigenvalue weighted by Gasteiger charge is -2.25. The van der Waals surface area contributed by atoms with E-state index in [4.69, 9.17) is 9.47 Å². The number of carbonyl (C=O) groups is 1. The van der Waals surface area contributed by atoms with Crippen molar-refractivity contribution in [2.45, 2.75) is 19.3 Å². The zero-order valence-corrected chi connectivity index (χ0v) is 16.1. The summed E-state index contributed by atoms with van der Waals surface area (Å²) in [4.78, 5) is 12.9. The SMILES string of the molecule is C=C(CCNCC1CCc2cc(OC)c(OC)cc2C1=O)c1ccccc1. The molecule has 0 spiro atoms. The van der Waals surface area contributed by atoms with E-state index in [1.807, 2.05) is 30.3 Å². The van der Waals surface area contributed by atoms with Gasteiger partial charge in [-0.1, -0.05) is 36.9 Å². The van der Waals surface area contributed by atoms with Gasteiger partial charge in [-0.15, -0.1) is 0 Å². The molecular formula is C23H27NO3. The van der Waals surface area contributed by atoms with Gasteiger partial charge in [-0.3, -0.25) is 4.79 Å². The summed E-state index contributed by atoms with van der Waals surface area (Å²) in [5.41, 5.74) is 4.09. The fourth-order valence-corrected chi connectivity index (χ4v) is 3.57. The van der Waals surface area contributed by atoms with E-state index in [1.165, 1.54) is 5.56 Å². The van der Waals surface area contributed by atoms with Gasteiger partial charge in [0.25, 0.3) is 0 Å². The highest BCUT2D eigenvalue weighted by Gasteiger charge is 2.28. The fraction of sp³-hybridized carbons (Fsp3) is 0.348. The van der Waals surface area contributed by atoms with Gasteiger partial charge in [-0.25, -0.2) is 0 Å². The molecule has 0 saturated heterocycles. The number of hydrogen-bond donors (Lipinski definition) is 1. The highest BCUT2D eigenvalue weighted by molar-refractivity contribution is 6.01. The Morgan fingerprint density at radius 2 is 1.85 bits per heavy atom. The lowest BCUT2D eigenvalue weighted by atomic mass is 9.82. The topological polar surface area (TPSA) is 47.6 Å². The number of methoxy groups -OCH3 is 2. The van der Waals surface area contributed by atoms with Gasteiger partial charge in [0.1, 0.15) is 0 Å². The first-order chi connectivity index (χ1) is 13.1. The zero-order valence-electron chi connectivity index (χ0n) is 16.1. The van der Waals surface area contributed by atoms with Crippen molar-refractivity contribution in [3.63, 3.8) is 0 Å². The molecule has 1 aliphatic rings. The van der Waals surface area contributed by atoms with Crippen molar-refractivity contribution in [2.75, 3.05) is 27.3 Å². The molecular weight excluding hydrogens is 338 g/mol. The van der Waals surface area contributed by atoms with Crippen molar-refractivity contribution >= 4 is 11.4 Å². The lowest BCUT2D eigenvalue weighted by Crippen LogP contribution is -2.33. The Bertz CT molecular complexity index is 814. The summed E-state index contributed by atoms with van der Waals surface area (Å²) in [6.07, 6.45) is 2.60. The molecule has 1 N–H and O–H groups in total. The van der Waals surface area contributed by atoms with Crippen molar-refractivity contribution in [1.29, 1.82) is 0 Å². The van der Waals surface area contributed by atoms with E-state index < -0.39 is 0 Å². The molecule has 4 nitrogen and oxygen atoms in total. The number of rotatable bonds is 8. The third-order valence-electron chi connectivity index (χ3n) is 5.18. The molecule has 27 heavy (non-hydrogen) atoms. The summed E-state index contributed by atoms with van der Waals surface area (Å²) in [7, 11) is 3.21. The maximum Gasteiger partial charge on any atom is 0.167 e. The summed E-state index contributed by atoms with van der Waals surface area (Å²) < 4.78 is 10.7. The maximum absolute atomic E-state index is 12.9. The molecule has 0 radical (unpaired) electrons. The van der Waals surface area contributed by atoms with Gasteiger partial charge in [0.15, 0.2) is 17.3 Å². The molecule has 1 unspecified atom stereocenters. The van der Waals surface area contributed by atoms with Crippen molar-refractivity contribution in [2.24, 2.45) is 5.92 Å². The molecule has 0 aliphatic heterocycles. The summed E-state index contributed by atoms with van der Waals surface area (Å²) in [5.74, 6) is 1.48. The van der Waals surface area contributed by atoms with Crippen LogP contribution in [0.15, 0.2) is 49.0 Å². The highest BCUT2D eigenvalue weighted by atomic mass is 16.5. The second-order valence-electron chi connectivity index (χ2n) is 6.89. The number of fused-ring (bicyclic) bond motifs is 1. The van der Waals surface area contributed by atoms with Gasteiger partial charge < -0.3 is 14.8 Å². The zero-order chi connectivity index (χ0) is 19.2. The molecule has 4 heteroatoms. The number of benzene rings is 2. The molecule has 0 aromatic heterocycles. The average molecular weight is 365 g/mol. The normalized spacial score (nSPS) is 15.9. The van der Waals surface area contributed by atoms with E-state index in [0.717, 1.165) is 42.5 Å². The largest absolute Gasteiger partial charge is 0.493 e. The minimum Gasteiger partial charge on any atom is -0.493 e. The molecule has 0 saturated carbocycles. The molecule has 1 aliphatic carbocycles. The van der Waals surface area contributed by atoms with Crippen LogP contribution in [0.1, 0.15) is 34.3 Å². The Labute approximate surface area is 161 Å². The number of hydrogen-bond acceptors (Lipinski definition) is 4. The van der Waals surface area contributed by atoms with Crippen LogP contribution in [0.25, 0.3) is 5.57 Å². The quantitative estimate of drug-likeness (QED) is 0.714. The molecule has 2 aromatic carbocycles. The van der Waals surface area contributed by atoms with Crippen LogP contribution < -0.4 is 14.8 Å². The van der Waals surface area contributed by atoms with Crippen molar-refractivity contribution in [3.8, 4) is 11.5 Å². The van der Waals surface area contributed by atoms with E-state index in [0.29, 0.717) is 18.0 Å². The summed E-state index contributed by atoms with van der Waals surface area (Å²) in [6, 6.07) is 14.0. The Morgan fingerprint density at radius 3 is 2.56 bits per heavy atom. The van der Waals surface area contributed by atoms with Gasteiger partial charge >= 0.3 is 0 Å². The average Bonchev–Trinajstić information content (AvgIpc) is 2.72. The predicted octanol–water partition coefficient (Wildman–Crippen LogP) is 4.14. The van der Waals surface area contributed by atoms with E-state index in [2.05, 4.69) is 24.0 Å². The molecule has 1 atom stereocenters. The van der Waals surface area contributed by atoms with Crippen molar-refractivity contribution in [3.05, 3.63) is 65.7 Å². The van der Waals surface area contributed by atoms with Crippen LogP contribution in [0, 0.1) is 5.92 Å². The lowest BCUT2D eigenvalue weighted by molar-refractivity contribution is 0.0900. The molecule has 3 rings (SSSR count). The highest BCUT2D eigenvalue weighted by Crippen LogP contribution is 2.35. The maximum atomic E-state index is 12.9. The van der Waals surface area contributed by atoms with Gasteiger partial charge in [0.2, 0.25) is 0 Å². The molecule has 2 aromatic rings. The smallest absolute Gasteiger partial charge is 0.167 e. The monoisotopic (exact) mass is 365 g/mol. The van der Waals surface area contributed by atoms with E-state index in [1.54, 1.807) is 14.2 Å². The minimum absolute atomic E-state index is 0.000548. The molecule has 0 amide bonds. The number of ether oxygens (including phenoxy) is 2. The van der Waals surface area contributed by atoms with Crippen LogP contribution in [-0.4, -0.2) is 33.1 Å². The minimum atomic E-state index is 0.000548. The second kappa shape index (κ2) is 8.87. The van der Waals surface area contributed by atoms with E-state index >= 15 is 0 Å². The van der Waals surface area contributed by atoms with Gasteiger partial charge in [-0.05, 0) is 54.6 Å². The Hall–Kier alpha value is -2.59. The van der Waals surface area contributed by atoms with Crippen LogP contribution in [0.2, 0.25) is 0 Å². The summed E-state index contributed by atoms with van der Waals surface area (Å²) in [5, 5.41) is 3.43. The molecule has 142 valence electrons. The first kappa shape index (κ1) is 19.2. The third-order valence-corrected chi connectivity index (χ3v) is 5.18. The van der Waals surface area contributed by atoms with Crippen molar-refractivity contribution < 1.29 is 14.3 Å². The molecule has 0 fully saturated rings. The van der Waals surface area contributed by atoms with Crippen LogP contribution in [0.4, 0.5) is 0 Å². The number of ketones is 1. The summed E-state index contributed by atoms with van der Waals surface area (Å²) in [6.45, 7) is 5.66. The van der Waals surface area contributed by atoms with Crippen LogP contribution >= 0.6 is 0 Å². The second-order valence-corrected chi connectivity index (χ2v) is 6.89. The van der Waals surface area contributed by atoms with Gasteiger partial charge in [0, 0.05) is 18.0 Å². The standard InChI is InChI=1S/C23H27NO3/c1-16(17-7-5-4-6-8-17)11-12-24-15-19-10-9-18-13-21(26-2)22(27-3)14-20(18)23(19)25/h4-8,13-14,19,24H,1,9-12,15H2,2-3H3. The van der Waals surface area contributed by atoms with Crippen LogP contribution in [0.3, 0.4) is 0 Å². The van der Waals surface area contributed by atoms with E-state index in [-0.39, 0.29) is 11.7 Å². The Kier molecular flexibility index (Phi) is 6.30. The summed E-state index contributed by atoms with van der Waals surface area (Å²) >= 11 is 0. The van der Waals surface area contributed by atoms with Gasteiger partial charge in [0.05, 0.1) is 14.2 Å². The Balaban J connectivity index is 1.55. The predicted molar refractivity (Wildman–Crippen MR) is 109 cm³/mol. The molecule has 0 heterocycles. The number of nitrogens with one attached hydrogen (secondary N) is 1.